The molecule has 2 aliphatic heterocycles. The summed E-state index contributed by atoms with van der Waals surface area (Å²) in [5, 5.41) is 7.00. The highest BCUT2D eigenvalue weighted by atomic mass is 32.2. The van der Waals surface area contributed by atoms with Crippen LogP contribution >= 0.6 is 11.3 Å². The second kappa shape index (κ2) is 7.62. The number of anilines is 1. The van der Waals surface area contributed by atoms with E-state index in [1.165, 1.54) is 35.6 Å². The van der Waals surface area contributed by atoms with Crippen molar-refractivity contribution in [2.24, 2.45) is 5.14 Å². The molecule has 158 valence electrons. The van der Waals surface area contributed by atoms with Gasteiger partial charge in [0, 0.05) is 18.0 Å². The fraction of sp³-hybridized carbons (Fsp3) is 0.300. The van der Waals surface area contributed by atoms with Gasteiger partial charge >= 0.3 is 0 Å². The molecule has 0 radical (unpaired) electrons. The van der Waals surface area contributed by atoms with Gasteiger partial charge in [0.1, 0.15) is 5.70 Å². The Kier molecular flexibility index (Phi) is 5.27. The molecule has 10 heteroatoms. The number of benzene rings is 1. The molecule has 30 heavy (non-hydrogen) atoms. The van der Waals surface area contributed by atoms with Gasteiger partial charge in [-0.15, -0.1) is 11.3 Å². The minimum absolute atomic E-state index is 0.0863. The predicted octanol–water partition coefficient (Wildman–Crippen LogP) is 1.79. The molecular formula is C20H21N3O5S2. The van der Waals surface area contributed by atoms with Gasteiger partial charge in [0.05, 0.1) is 28.4 Å². The fourth-order valence-electron chi connectivity index (χ4n) is 3.83. The number of thiophene rings is 1. The first-order valence-electron chi connectivity index (χ1n) is 9.37. The van der Waals surface area contributed by atoms with Crippen LogP contribution in [0.2, 0.25) is 0 Å². The van der Waals surface area contributed by atoms with Crippen LogP contribution in [-0.2, 0) is 24.3 Å². The van der Waals surface area contributed by atoms with Crippen molar-refractivity contribution in [3.8, 4) is 0 Å². The third kappa shape index (κ3) is 3.67. The average Bonchev–Trinajstić information content (AvgIpc) is 3.26. The van der Waals surface area contributed by atoms with Crippen molar-refractivity contribution in [3.63, 3.8) is 0 Å². The first-order valence-corrected chi connectivity index (χ1v) is 11.8. The van der Waals surface area contributed by atoms with Crippen molar-refractivity contribution in [2.45, 2.75) is 31.0 Å². The zero-order valence-electron chi connectivity index (χ0n) is 16.4. The maximum atomic E-state index is 13.4. The van der Waals surface area contributed by atoms with E-state index >= 15 is 0 Å². The van der Waals surface area contributed by atoms with Gasteiger partial charge in [0.25, 0.3) is 11.8 Å². The molecular weight excluding hydrogens is 426 g/mol. The summed E-state index contributed by atoms with van der Waals surface area (Å²) in [5.74, 6) is -0.874. The molecule has 8 nitrogen and oxygen atoms in total. The lowest BCUT2D eigenvalue weighted by Gasteiger charge is -2.37. The molecule has 2 amide bonds. The topological polar surface area (TPSA) is 110 Å². The van der Waals surface area contributed by atoms with E-state index in [2.05, 4.69) is 0 Å². The molecule has 0 aliphatic carbocycles. The number of nitrogens with zero attached hydrogens (tertiary/aromatic N) is 2. The molecule has 0 saturated carbocycles. The highest BCUT2D eigenvalue weighted by Gasteiger charge is 2.44. The van der Waals surface area contributed by atoms with Crippen LogP contribution in [0.4, 0.5) is 5.69 Å². The molecule has 2 N–H and O–H groups in total. The second-order valence-electron chi connectivity index (χ2n) is 7.35. The minimum Gasteiger partial charge on any atom is -0.372 e. The van der Waals surface area contributed by atoms with Gasteiger partial charge in [-0.1, -0.05) is 6.07 Å². The van der Waals surface area contributed by atoms with Gasteiger partial charge in [-0.25, -0.2) is 18.5 Å². The van der Waals surface area contributed by atoms with Gasteiger partial charge in [0.2, 0.25) is 10.0 Å². The summed E-state index contributed by atoms with van der Waals surface area (Å²) in [4.78, 5) is 30.4. The molecule has 1 saturated heterocycles. The number of sulfonamides is 1. The Morgan fingerprint density at radius 3 is 2.20 bits per heavy atom. The third-order valence-electron chi connectivity index (χ3n) is 4.99. The van der Waals surface area contributed by atoms with E-state index in [9.17, 15) is 18.0 Å². The Bertz CT molecular complexity index is 1110. The Morgan fingerprint density at radius 2 is 1.67 bits per heavy atom. The van der Waals surface area contributed by atoms with E-state index in [1.54, 1.807) is 0 Å². The SMILES string of the molecule is CC1CN(C2=C(c3cccs3)C(=O)N(c3ccc(S(N)(=O)=O)cc3)C2=O)CC(C)O1. The summed E-state index contributed by atoms with van der Waals surface area (Å²) in [6, 6.07) is 9.03. The maximum Gasteiger partial charge on any atom is 0.282 e. The highest BCUT2D eigenvalue weighted by molar-refractivity contribution is 7.89. The Labute approximate surface area is 178 Å². The molecule has 2 atom stereocenters. The van der Waals surface area contributed by atoms with Crippen LogP contribution < -0.4 is 10.0 Å². The predicted molar refractivity (Wildman–Crippen MR) is 113 cm³/mol. The van der Waals surface area contributed by atoms with Crippen LogP contribution in [0.1, 0.15) is 18.7 Å². The molecule has 4 rings (SSSR count). The first-order chi connectivity index (χ1) is 14.2. The Morgan fingerprint density at radius 1 is 1.03 bits per heavy atom. The van der Waals surface area contributed by atoms with Crippen LogP contribution in [0.25, 0.3) is 5.57 Å². The summed E-state index contributed by atoms with van der Waals surface area (Å²) in [6.45, 7) is 4.84. The Hall–Kier alpha value is -2.53. The summed E-state index contributed by atoms with van der Waals surface area (Å²) in [7, 11) is -3.88. The van der Waals surface area contributed by atoms with Gasteiger partial charge in [-0.05, 0) is 49.6 Å². The normalized spacial score (nSPS) is 22.9. The lowest BCUT2D eigenvalue weighted by molar-refractivity contribution is -0.121. The molecule has 2 aromatic rings. The molecule has 2 unspecified atom stereocenters. The molecule has 2 aliphatic rings. The zero-order valence-corrected chi connectivity index (χ0v) is 18.1. The van der Waals surface area contributed by atoms with E-state index in [1.807, 2.05) is 36.3 Å². The number of primary sulfonamides is 1. The van der Waals surface area contributed by atoms with Crippen LogP contribution in [0.3, 0.4) is 0 Å². The van der Waals surface area contributed by atoms with Gasteiger partial charge in [0.15, 0.2) is 0 Å². The zero-order chi connectivity index (χ0) is 21.6. The first kappa shape index (κ1) is 20.7. The molecule has 0 spiro atoms. The molecule has 1 aromatic carbocycles. The lowest BCUT2D eigenvalue weighted by atomic mass is 10.1. The maximum absolute atomic E-state index is 13.4. The van der Waals surface area contributed by atoms with Crippen molar-refractivity contribution in [1.29, 1.82) is 0 Å². The van der Waals surface area contributed by atoms with Gasteiger partial charge in [-0.3, -0.25) is 9.59 Å². The van der Waals surface area contributed by atoms with E-state index in [4.69, 9.17) is 9.88 Å². The number of ether oxygens (including phenoxy) is 1. The molecule has 3 heterocycles. The van der Waals surface area contributed by atoms with E-state index in [0.717, 1.165) is 4.90 Å². The standard InChI is InChI=1S/C20H21N3O5S2/c1-12-10-22(11-13(2)28-12)18-17(16-4-3-9-29-16)19(24)23(20(18)25)14-5-7-15(8-6-14)30(21,26)27/h3-9,12-13H,10-11H2,1-2H3,(H2,21,26,27). The van der Waals surface area contributed by atoms with Crippen LogP contribution in [-0.4, -0.2) is 50.4 Å². The summed E-state index contributed by atoms with van der Waals surface area (Å²) in [5.41, 5.74) is 0.989. The average molecular weight is 448 g/mol. The number of carbonyl (C=O) groups excluding carboxylic acids is 2. The number of rotatable bonds is 4. The quantitative estimate of drug-likeness (QED) is 0.716. The third-order valence-corrected chi connectivity index (χ3v) is 6.80. The van der Waals surface area contributed by atoms with Crippen molar-refractivity contribution in [2.75, 3.05) is 18.0 Å². The van der Waals surface area contributed by atoms with Crippen LogP contribution in [0.5, 0.6) is 0 Å². The number of amides is 2. The summed E-state index contributed by atoms with van der Waals surface area (Å²) < 4.78 is 28.8. The number of carbonyl (C=O) groups is 2. The van der Waals surface area contributed by atoms with Crippen LogP contribution in [0, 0.1) is 0 Å². The van der Waals surface area contributed by atoms with Crippen LogP contribution in [0.15, 0.2) is 52.4 Å². The Balaban J connectivity index is 1.77. The number of imide groups is 1. The van der Waals surface area contributed by atoms with E-state index < -0.39 is 21.8 Å². The molecule has 1 aromatic heterocycles. The largest absolute Gasteiger partial charge is 0.372 e. The van der Waals surface area contributed by atoms with E-state index in [0.29, 0.717) is 29.2 Å². The number of nitrogens with two attached hydrogens (primary N) is 1. The molecule has 1 fully saturated rings. The molecule has 0 bridgehead atoms. The minimum atomic E-state index is -3.88. The van der Waals surface area contributed by atoms with E-state index in [-0.39, 0.29) is 22.8 Å². The highest BCUT2D eigenvalue weighted by Crippen LogP contribution is 2.37. The monoisotopic (exact) mass is 447 g/mol. The van der Waals surface area contributed by atoms with Gasteiger partial charge < -0.3 is 9.64 Å². The lowest BCUT2D eigenvalue weighted by Crippen LogP contribution is -2.47. The van der Waals surface area contributed by atoms with Crippen molar-refractivity contribution < 1.29 is 22.7 Å². The number of morpholine rings is 1. The number of hydrogen-bond donors (Lipinski definition) is 1. The smallest absolute Gasteiger partial charge is 0.282 e. The van der Waals surface area contributed by atoms with Crippen molar-refractivity contribution in [3.05, 3.63) is 52.4 Å². The van der Waals surface area contributed by atoms with Crippen molar-refractivity contribution in [1.82, 2.24) is 4.90 Å². The summed E-state index contributed by atoms with van der Waals surface area (Å²) >= 11 is 1.39. The van der Waals surface area contributed by atoms with Crippen molar-refractivity contribution >= 4 is 44.4 Å². The number of hydrogen-bond acceptors (Lipinski definition) is 7. The fourth-order valence-corrected chi connectivity index (χ4v) is 5.11. The second-order valence-corrected chi connectivity index (χ2v) is 9.86. The van der Waals surface area contributed by atoms with Gasteiger partial charge in [-0.2, -0.15) is 0 Å². The summed E-state index contributed by atoms with van der Waals surface area (Å²) in [6.07, 6.45) is -0.173.